The van der Waals surface area contributed by atoms with Crippen molar-refractivity contribution >= 4 is 11.6 Å². The Hall–Kier alpha value is -1.58. The highest BCUT2D eigenvalue weighted by atomic mass is 35.5. The van der Waals surface area contributed by atoms with Crippen LogP contribution in [0.15, 0.2) is 48.5 Å². The Balaban J connectivity index is 2.14. The third kappa shape index (κ3) is 3.22. The molecule has 1 atom stereocenters. The van der Waals surface area contributed by atoms with Crippen LogP contribution in [-0.4, -0.2) is 6.54 Å². The maximum Gasteiger partial charge on any atom is 0.136 e. The van der Waals surface area contributed by atoms with Crippen LogP contribution in [0.25, 0.3) is 0 Å². The molecule has 0 aliphatic rings. The van der Waals surface area contributed by atoms with Crippen molar-refractivity contribution in [3.05, 3.63) is 64.9 Å². The lowest BCUT2D eigenvalue weighted by molar-refractivity contribution is 0.214. The van der Waals surface area contributed by atoms with Gasteiger partial charge < -0.3 is 10.5 Å². The van der Waals surface area contributed by atoms with Crippen molar-refractivity contribution in [3.63, 3.8) is 0 Å². The summed E-state index contributed by atoms with van der Waals surface area (Å²) in [5, 5.41) is 0.647. The molecule has 4 heteroatoms. The van der Waals surface area contributed by atoms with Gasteiger partial charge in [0, 0.05) is 11.6 Å². The molecule has 0 spiro atoms. The second-order valence-corrected chi connectivity index (χ2v) is 4.28. The van der Waals surface area contributed by atoms with Crippen LogP contribution in [-0.2, 0) is 0 Å². The Labute approximate surface area is 110 Å². The second kappa shape index (κ2) is 5.85. The summed E-state index contributed by atoms with van der Waals surface area (Å²) < 4.78 is 18.6. The summed E-state index contributed by atoms with van der Waals surface area (Å²) in [6.07, 6.45) is -0.299. The zero-order valence-electron chi connectivity index (χ0n) is 9.64. The average molecular weight is 266 g/mol. The molecule has 0 saturated heterocycles. The topological polar surface area (TPSA) is 35.2 Å². The molecule has 2 aromatic rings. The van der Waals surface area contributed by atoms with E-state index in [1.807, 2.05) is 0 Å². The summed E-state index contributed by atoms with van der Waals surface area (Å²) in [6, 6.07) is 13.2. The van der Waals surface area contributed by atoms with Crippen molar-refractivity contribution in [2.45, 2.75) is 6.10 Å². The fraction of sp³-hybridized carbons (Fsp3) is 0.143. The minimum atomic E-state index is -0.299. The lowest BCUT2D eigenvalue weighted by Crippen LogP contribution is -2.18. The molecule has 2 N–H and O–H groups in total. The molecule has 0 amide bonds. The van der Waals surface area contributed by atoms with Gasteiger partial charge in [-0.1, -0.05) is 23.7 Å². The Morgan fingerprint density at radius 1 is 1.06 bits per heavy atom. The van der Waals surface area contributed by atoms with Crippen molar-refractivity contribution in [2.75, 3.05) is 6.54 Å². The van der Waals surface area contributed by atoms with E-state index < -0.39 is 0 Å². The molecule has 2 nitrogen and oxygen atoms in total. The molecule has 1 unspecified atom stereocenters. The molecular weight excluding hydrogens is 253 g/mol. The van der Waals surface area contributed by atoms with Crippen molar-refractivity contribution in [2.24, 2.45) is 5.73 Å². The van der Waals surface area contributed by atoms with E-state index in [9.17, 15) is 4.39 Å². The first-order valence-corrected chi connectivity index (χ1v) is 5.94. The van der Waals surface area contributed by atoms with Gasteiger partial charge in [-0.15, -0.1) is 0 Å². The first-order valence-electron chi connectivity index (χ1n) is 5.57. The van der Waals surface area contributed by atoms with Crippen molar-refractivity contribution in [3.8, 4) is 5.75 Å². The van der Waals surface area contributed by atoms with E-state index in [0.29, 0.717) is 17.3 Å². The monoisotopic (exact) mass is 265 g/mol. The summed E-state index contributed by atoms with van der Waals surface area (Å²) in [4.78, 5) is 0. The molecule has 0 radical (unpaired) electrons. The quantitative estimate of drug-likeness (QED) is 0.917. The minimum absolute atomic E-state index is 0.277. The summed E-state index contributed by atoms with van der Waals surface area (Å²) in [5.41, 5.74) is 6.52. The van der Waals surface area contributed by atoms with Gasteiger partial charge in [-0.3, -0.25) is 0 Å². The molecule has 0 heterocycles. The van der Waals surface area contributed by atoms with Gasteiger partial charge in [-0.05, 0) is 42.0 Å². The van der Waals surface area contributed by atoms with Crippen LogP contribution < -0.4 is 10.5 Å². The summed E-state index contributed by atoms with van der Waals surface area (Å²) in [7, 11) is 0. The van der Waals surface area contributed by atoms with Crippen molar-refractivity contribution in [1.29, 1.82) is 0 Å². The normalized spacial score (nSPS) is 12.2. The molecular formula is C14H13ClFNO. The number of hydrogen-bond acceptors (Lipinski definition) is 2. The number of hydrogen-bond donors (Lipinski definition) is 1. The molecule has 0 fully saturated rings. The van der Waals surface area contributed by atoms with E-state index in [-0.39, 0.29) is 11.9 Å². The van der Waals surface area contributed by atoms with Gasteiger partial charge in [-0.25, -0.2) is 4.39 Å². The highest BCUT2D eigenvalue weighted by Gasteiger charge is 2.11. The molecule has 0 bridgehead atoms. The lowest BCUT2D eigenvalue weighted by atomic mass is 10.1. The predicted molar refractivity (Wildman–Crippen MR) is 70.3 cm³/mol. The molecule has 0 aliphatic carbocycles. The second-order valence-electron chi connectivity index (χ2n) is 3.85. The summed E-state index contributed by atoms with van der Waals surface area (Å²) in [6.45, 7) is 0.314. The Morgan fingerprint density at radius 3 is 2.22 bits per heavy atom. The Kier molecular flexibility index (Phi) is 4.18. The number of ether oxygens (including phenoxy) is 1. The molecule has 0 aromatic heterocycles. The van der Waals surface area contributed by atoms with Crippen LogP contribution in [0.2, 0.25) is 5.02 Å². The van der Waals surface area contributed by atoms with Gasteiger partial charge in [0.1, 0.15) is 17.7 Å². The van der Waals surface area contributed by atoms with E-state index in [1.54, 1.807) is 36.4 Å². The van der Waals surface area contributed by atoms with Crippen LogP contribution in [0.3, 0.4) is 0 Å². The minimum Gasteiger partial charge on any atom is -0.484 e. The van der Waals surface area contributed by atoms with E-state index in [1.165, 1.54) is 12.1 Å². The fourth-order valence-corrected chi connectivity index (χ4v) is 1.73. The number of halogens is 2. The lowest BCUT2D eigenvalue weighted by Gasteiger charge is -2.17. The van der Waals surface area contributed by atoms with Gasteiger partial charge in [0.15, 0.2) is 0 Å². The highest BCUT2D eigenvalue weighted by molar-refractivity contribution is 6.30. The van der Waals surface area contributed by atoms with Crippen molar-refractivity contribution < 1.29 is 9.13 Å². The van der Waals surface area contributed by atoms with Crippen molar-refractivity contribution in [1.82, 2.24) is 0 Å². The number of rotatable bonds is 4. The SMILES string of the molecule is NCC(Oc1ccc(Cl)cc1)c1ccc(F)cc1. The summed E-state index contributed by atoms with van der Waals surface area (Å²) >= 11 is 5.79. The third-order valence-corrected chi connectivity index (χ3v) is 2.80. The van der Waals surface area contributed by atoms with Gasteiger partial charge in [0.2, 0.25) is 0 Å². The summed E-state index contributed by atoms with van der Waals surface area (Å²) in [5.74, 6) is 0.403. The van der Waals surface area contributed by atoms with E-state index in [2.05, 4.69) is 0 Å². The first-order chi connectivity index (χ1) is 8.69. The zero-order valence-corrected chi connectivity index (χ0v) is 10.4. The van der Waals surface area contributed by atoms with E-state index >= 15 is 0 Å². The molecule has 94 valence electrons. The van der Waals surface area contributed by atoms with Crippen LogP contribution in [0.5, 0.6) is 5.75 Å². The van der Waals surface area contributed by atoms with Gasteiger partial charge in [0.25, 0.3) is 0 Å². The predicted octanol–water partition coefficient (Wildman–Crippen LogP) is 3.56. The van der Waals surface area contributed by atoms with Crippen LogP contribution in [0.1, 0.15) is 11.7 Å². The first kappa shape index (κ1) is 12.9. The third-order valence-electron chi connectivity index (χ3n) is 2.55. The molecule has 0 aliphatic heterocycles. The van der Waals surface area contributed by atoms with Crippen LogP contribution in [0, 0.1) is 5.82 Å². The maximum atomic E-state index is 12.8. The van der Waals surface area contributed by atoms with Gasteiger partial charge in [0.05, 0.1) is 0 Å². The Morgan fingerprint density at radius 2 is 1.67 bits per heavy atom. The fourth-order valence-electron chi connectivity index (χ4n) is 1.61. The largest absolute Gasteiger partial charge is 0.484 e. The molecule has 0 saturated carbocycles. The molecule has 2 rings (SSSR count). The maximum absolute atomic E-state index is 12.8. The molecule has 18 heavy (non-hydrogen) atoms. The van der Waals surface area contributed by atoms with E-state index in [4.69, 9.17) is 22.1 Å². The zero-order chi connectivity index (χ0) is 13.0. The number of benzene rings is 2. The van der Waals surface area contributed by atoms with Crippen LogP contribution in [0.4, 0.5) is 4.39 Å². The molecule has 2 aromatic carbocycles. The van der Waals surface area contributed by atoms with Crippen LogP contribution >= 0.6 is 11.6 Å². The smallest absolute Gasteiger partial charge is 0.136 e. The standard InChI is InChI=1S/C14H13ClFNO/c15-11-3-7-13(8-4-11)18-14(9-17)10-1-5-12(16)6-2-10/h1-8,14H,9,17H2. The van der Waals surface area contributed by atoms with Gasteiger partial charge >= 0.3 is 0 Å². The van der Waals surface area contributed by atoms with Gasteiger partial charge in [-0.2, -0.15) is 0 Å². The highest BCUT2D eigenvalue weighted by Crippen LogP contribution is 2.23. The average Bonchev–Trinajstić information content (AvgIpc) is 2.39. The van der Waals surface area contributed by atoms with E-state index in [0.717, 1.165) is 5.56 Å². The number of nitrogens with two attached hydrogens (primary N) is 1. The Bertz CT molecular complexity index is 498.